The van der Waals surface area contributed by atoms with E-state index in [9.17, 15) is 14.4 Å². The number of benzene rings is 1. The first-order chi connectivity index (χ1) is 13.0. The molecular weight excluding hydrogens is 380 g/mol. The Bertz CT molecular complexity index is 710. The summed E-state index contributed by atoms with van der Waals surface area (Å²) in [5.41, 5.74) is 7.39. The molecule has 28 heavy (non-hydrogen) atoms. The van der Waals surface area contributed by atoms with Gasteiger partial charge < -0.3 is 20.9 Å². The molecule has 2 fully saturated rings. The Hall–Kier alpha value is -2.12. The topological polar surface area (TPSA) is 95.7 Å². The minimum Gasteiger partial charge on any atom is -0.355 e. The summed E-state index contributed by atoms with van der Waals surface area (Å²) in [7, 11) is 0. The van der Waals surface area contributed by atoms with E-state index in [1.165, 1.54) is 0 Å². The molecule has 0 radical (unpaired) electrons. The molecule has 0 spiro atoms. The van der Waals surface area contributed by atoms with Crippen LogP contribution in [0.25, 0.3) is 0 Å². The number of carbonyl (C=O) groups is 3. The van der Waals surface area contributed by atoms with E-state index in [2.05, 4.69) is 5.32 Å². The van der Waals surface area contributed by atoms with Crippen molar-refractivity contribution >= 4 is 35.8 Å². The van der Waals surface area contributed by atoms with Gasteiger partial charge in [0, 0.05) is 44.8 Å². The van der Waals surface area contributed by atoms with Gasteiger partial charge in [0.25, 0.3) is 0 Å². The van der Waals surface area contributed by atoms with Crippen molar-refractivity contribution in [2.24, 2.45) is 17.6 Å². The van der Waals surface area contributed by atoms with Crippen LogP contribution in [0.4, 0.5) is 5.69 Å². The van der Waals surface area contributed by atoms with Crippen LogP contribution in [0.3, 0.4) is 0 Å². The summed E-state index contributed by atoms with van der Waals surface area (Å²) in [6.07, 6.45) is 1.81. The largest absolute Gasteiger partial charge is 0.355 e. The van der Waals surface area contributed by atoms with E-state index in [1.54, 1.807) is 9.80 Å². The molecule has 2 unspecified atom stereocenters. The first-order valence-electron chi connectivity index (χ1n) is 9.63. The van der Waals surface area contributed by atoms with E-state index in [-0.39, 0.29) is 48.4 Å². The molecule has 0 aliphatic carbocycles. The predicted octanol–water partition coefficient (Wildman–Crippen LogP) is 1.08. The van der Waals surface area contributed by atoms with E-state index in [0.29, 0.717) is 32.7 Å². The minimum atomic E-state index is -0.343. The first-order valence-corrected chi connectivity index (χ1v) is 9.63. The third-order valence-electron chi connectivity index (χ3n) is 5.37. The Morgan fingerprint density at radius 1 is 1.18 bits per heavy atom. The maximum absolute atomic E-state index is 13.0. The molecule has 0 aromatic heterocycles. The molecule has 8 heteroatoms. The van der Waals surface area contributed by atoms with Gasteiger partial charge in [0.1, 0.15) is 0 Å². The highest BCUT2D eigenvalue weighted by atomic mass is 35.5. The van der Waals surface area contributed by atoms with Gasteiger partial charge in [-0.15, -0.1) is 12.4 Å². The van der Waals surface area contributed by atoms with Gasteiger partial charge in [0.2, 0.25) is 17.7 Å². The third-order valence-corrected chi connectivity index (χ3v) is 5.37. The van der Waals surface area contributed by atoms with E-state index in [1.807, 2.05) is 31.2 Å². The lowest BCUT2D eigenvalue weighted by Gasteiger charge is -2.33. The van der Waals surface area contributed by atoms with E-state index < -0.39 is 0 Å². The zero-order valence-corrected chi connectivity index (χ0v) is 17.0. The maximum atomic E-state index is 13.0. The van der Waals surface area contributed by atoms with Crippen LogP contribution in [0.5, 0.6) is 0 Å². The van der Waals surface area contributed by atoms with Gasteiger partial charge >= 0.3 is 0 Å². The number of nitrogens with one attached hydrogen (secondary N) is 1. The van der Waals surface area contributed by atoms with Crippen LogP contribution in [0.2, 0.25) is 0 Å². The zero-order valence-electron chi connectivity index (χ0n) is 16.2. The van der Waals surface area contributed by atoms with Crippen molar-refractivity contribution in [2.75, 3.05) is 37.6 Å². The Morgan fingerprint density at radius 2 is 1.89 bits per heavy atom. The number of likely N-dealkylation sites (tertiary alicyclic amines) is 1. The monoisotopic (exact) mass is 408 g/mol. The number of halogens is 1. The van der Waals surface area contributed by atoms with Crippen LogP contribution in [0, 0.1) is 18.8 Å². The summed E-state index contributed by atoms with van der Waals surface area (Å²) in [5, 5.41) is 2.81. The molecule has 2 aliphatic heterocycles. The fourth-order valence-electron chi connectivity index (χ4n) is 3.84. The number of piperidine rings is 1. The lowest BCUT2D eigenvalue weighted by atomic mass is 9.95. The van der Waals surface area contributed by atoms with Crippen molar-refractivity contribution in [3.63, 3.8) is 0 Å². The molecule has 1 aromatic rings. The lowest BCUT2D eigenvalue weighted by molar-refractivity contribution is -0.139. The second-order valence-corrected chi connectivity index (χ2v) is 7.44. The van der Waals surface area contributed by atoms with Gasteiger partial charge in [-0.05, 0) is 31.9 Å². The van der Waals surface area contributed by atoms with Crippen LogP contribution in [0.1, 0.15) is 24.8 Å². The van der Waals surface area contributed by atoms with Gasteiger partial charge in [0.15, 0.2) is 0 Å². The fourth-order valence-corrected chi connectivity index (χ4v) is 3.84. The molecule has 3 amide bonds. The second-order valence-electron chi connectivity index (χ2n) is 7.44. The number of anilines is 1. The average molecular weight is 409 g/mol. The van der Waals surface area contributed by atoms with Crippen LogP contribution in [-0.2, 0) is 14.4 Å². The molecular formula is C20H29ClN4O3. The Balaban J connectivity index is 0.00000280. The molecule has 1 aromatic carbocycles. The van der Waals surface area contributed by atoms with Crippen molar-refractivity contribution in [3.05, 3.63) is 29.8 Å². The minimum absolute atomic E-state index is 0. The predicted molar refractivity (Wildman–Crippen MR) is 110 cm³/mol. The molecule has 3 rings (SSSR count). The van der Waals surface area contributed by atoms with Crippen molar-refractivity contribution in [1.82, 2.24) is 10.2 Å². The number of nitrogens with zero attached hydrogens (tertiary/aromatic N) is 2. The number of hydrogen-bond acceptors (Lipinski definition) is 4. The van der Waals surface area contributed by atoms with Crippen molar-refractivity contribution in [2.45, 2.75) is 26.2 Å². The quantitative estimate of drug-likeness (QED) is 0.762. The molecule has 154 valence electrons. The van der Waals surface area contributed by atoms with E-state index in [0.717, 1.165) is 24.1 Å². The highest BCUT2D eigenvalue weighted by Gasteiger charge is 2.39. The first kappa shape index (κ1) is 22.2. The Morgan fingerprint density at radius 3 is 2.57 bits per heavy atom. The number of nitrogens with two attached hydrogens (primary N) is 1. The highest BCUT2D eigenvalue weighted by molar-refractivity contribution is 6.00. The van der Waals surface area contributed by atoms with E-state index >= 15 is 0 Å². The van der Waals surface area contributed by atoms with Crippen LogP contribution in [-0.4, -0.2) is 55.3 Å². The SMILES string of the molecule is Cc1ccc(N2CC(C(=O)N3CCCC(C(=O)NCCN)C3)CC2=O)cc1.Cl. The molecule has 2 atom stereocenters. The number of aryl methyl sites for hydroxylation is 1. The number of amides is 3. The third kappa shape index (κ3) is 5.02. The van der Waals surface area contributed by atoms with Crippen LogP contribution in [0.15, 0.2) is 24.3 Å². The van der Waals surface area contributed by atoms with Crippen LogP contribution >= 0.6 is 12.4 Å². The van der Waals surface area contributed by atoms with Gasteiger partial charge in [-0.2, -0.15) is 0 Å². The molecule has 7 nitrogen and oxygen atoms in total. The summed E-state index contributed by atoms with van der Waals surface area (Å²) in [5.74, 6) is -0.619. The molecule has 0 bridgehead atoms. The molecule has 3 N–H and O–H groups in total. The van der Waals surface area contributed by atoms with Crippen molar-refractivity contribution < 1.29 is 14.4 Å². The maximum Gasteiger partial charge on any atom is 0.228 e. The van der Waals surface area contributed by atoms with Gasteiger partial charge in [-0.1, -0.05) is 17.7 Å². The molecule has 2 saturated heterocycles. The number of carbonyl (C=O) groups excluding carboxylic acids is 3. The molecule has 0 saturated carbocycles. The highest BCUT2D eigenvalue weighted by Crippen LogP contribution is 2.28. The molecule has 2 aliphatic rings. The standard InChI is InChI=1S/C20H28N4O3.ClH/c1-14-4-6-17(7-5-14)24-13-16(11-18(24)25)20(27)23-10-2-3-15(12-23)19(26)22-9-8-21;/h4-7,15-16H,2-3,8-13,21H2,1H3,(H,22,26);1H. The van der Waals surface area contributed by atoms with E-state index in [4.69, 9.17) is 5.73 Å². The average Bonchev–Trinajstić information content (AvgIpc) is 3.08. The zero-order chi connectivity index (χ0) is 19.4. The number of hydrogen-bond donors (Lipinski definition) is 2. The van der Waals surface area contributed by atoms with Gasteiger partial charge in [-0.3, -0.25) is 14.4 Å². The van der Waals surface area contributed by atoms with Crippen LogP contribution < -0.4 is 16.0 Å². The number of rotatable bonds is 5. The summed E-state index contributed by atoms with van der Waals surface area (Å²) in [6.45, 7) is 4.32. The Labute approximate surface area is 172 Å². The smallest absolute Gasteiger partial charge is 0.228 e. The van der Waals surface area contributed by atoms with Gasteiger partial charge in [-0.25, -0.2) is 0 Å². The summed E-state index contributed by atoms with van der Waals surface area (Å²) in [4.78, 5) is 41.0. The molecule has 2 heterocycles. The Kier molecular flexibility index (Phi) is 7.83. The summed E-state index contributed by atoms with van der Waals surface area (Å²) in [6, 6.07) is 7.76. The van der Waals surface area contributed by atoms with Crippen molar-refractivity contribution in [3.8, 4) is 0 Å². The van der Waals surface area contributed by atoms with Gasteiger partial charge in [0.05, 0.1) is 11.8 Å². The lowest BCUT2D eigenvalue weighted by Crippen LogP contribution is -2.48. The fraction of sp³-hybridized carbons (Fsp3) is 0.550. The van der Waals surface area contributed by atoms with Crippen molar-refractivity contribution in [1.29, 1.82) is 0 Å². The normalized spacial score (nSPS) is 22.0. The summed E-state index contributed by atoms with van der Waals surface area (Å²) < 4.78 is 0. The second kappa shape index (κ2) is 9.89. The summed E-state index contributed by atoms with van der Waals surface area (Å²) >= 11 is 0.